The Labute approximate surface area is 137 Å². The molecule has 0 aromatic heterocycles. The van der Waals surface area contributed by atoms with E-state index in [1.165, 1.54) is 19.1 Å². The number of carbonyl (C=O) groups is 2. The van der Waals surface area contributed by atoms with Crippen molar-refractivity contribution in [3.8, 4) is 0 Å². The van der Waals surface area contributed by atoms with Crippen LogP contribution in [0.5, 0.6) is 0 Å². The van der Waals surface area contributed by atoms with Crippen molar-refractivity contribution >= 4 is 23.2 Å². The van der Waals surface area contributed by atoms with Gasteiger partial charge in [-0.05, 0) is 31.2 Å². The monoisotopic (exact) mass is 347 g/mol. The fourth-order valence-corrected chi connectivity index (χ4v) is 1.84. The zero-order valence-electron chi connectivity index (χ0n) is 13.6. The van der Waals surface area contributed by atoms with Crippen LogP contribution in [-0.2, 0) is 14.3 Å². The molecule has 0 saturated carbocycles. The van der Waals surface area contributed by atoms with Crippen molar-refractivity contribution in [2.45, 2.75) is 25.6 Å². The molecule has 0 heterocycles. The molecule has 0 bridgehead atoms. The van der Waals surface area contributed by atoms with Crippen molar-refractivity contribution in [3.63, 3.8) is 0 Å². The van der Waals surface area contributed by atoms with Crippen molar-refractivity contribution in [2.75, 3.05) is 30.9 Å². The summed E-state index contributed by atoms with van der Waals surface area (Å²) in [6.45, 7) is 1.13. The fourth-order valence-electron chi connectivity index (χ4n) is 1.84. The molecule has 1 aromatic carbocycles. The summed E-state index contributed by atoms with van der Waals surface area (Å²) in [6.07, 6.45) is -4.57. The molecule has 2 amide bonds. The number of ether oxygens (including phenoxy) is 1. The van der Waals surface area contributed by atoms with Crippen molar-refractivity contribution in [1.82, 2.24) is 5.32 Å². The highest BCUT2D eigenvalue weighted by molar-refractivity contribution is 5.93. The van der Waals surface area contributed by atoms with Crippen molar-refractivity contribution in [2.24, 2.45) is 0 Å². The number of halogens is 3. The van der Waals surface area contributed by atoms with Crippen LogP contribution >= 0.6 is 0 Å². The number of anilines is 2. The first-order valence-corrected chi connectivity index (χ1v) is 7.05. The van der Waals surface area contributed by atoms with Gasteiger partial charge >= 0.3 is 6.18 Å². The van der Waals surface area contributed by atoms with Gasteiger partial charge in [0.15, 0.2) is 0 Å². The van der Waals surface area contributed by atoms with E-state index in [9.17, 15) is 22.8 Å². The van der Waals surface area contributed by atoms with Gasteiger partial charge in [-0.1, -0.05) is 0 Å². The molecule has 1 atom stereocenters. The quantitative estimate of drug-likeness (QED) is 0.706. The van der Waals surface area contributed by atoms with Crippen LogP contribution in [0.3, 0.4) is 0 Å². The van der Waals surface area contributed by atoms with Crippen LogP contribution in [0.1, 0.15) is 13.8 Å². The second kappa shape index (κ2) is 8.11. The molecule has 24 heavy (non-hydrogen) atoms. The van der Waals surface area contributed by atoms with E-state index in [1.54, 1.807) is 12.1 Å². The zero-order chi connectivity index (χ0) is 18.4. The van der Waals surface area contributed by atoms with Gasteiger partial charge in [-0.25, -0.2) is 0 Å². The summed E-state index contributed by atoms with van der Waals surface area (Å²) in [5, 5.41) is 7.20. The van der Waals surface area contributed by atoms with Crippen LogP contribution in [-0.4, -0.2) is 43.8 Å². The predicted molar refractivity (Wildman–Crippen MR) is 83.7 cm³/mol. The third-order valence-electron chi connectivity index (χ3n) is 3.19. The van der Waals surface area contributed by atoms with E-state index in [4.69, 9.17) is 0 Å². The van der Waals surface area contributed by atoms with E-state index in [-0.39, 0.29) is 5.91 Å². The minimum Gasteiger partial charge on any atom is -0.382 e. The summed E-state index contributed by atoms with van der Waals surface area (Å²) >= 11 is 0. The molecule has 1 rings (SSSR count). The molecule has 134 valence electrons. The van der Waals surface area contributed by atoms with Crippen LogP contribution in [0.25, 0.3) is 0 Å². The first-order chi connectivity index (χ1) is 11.1. The summed E-state index contributed by atoms with van der Waals surface area (Å²) < 4.78 is 43.6. The Morgan fingerprint density at radius 2 is 1.58 bits per heavy atom. The normalized spacial score (nSPS) is 13.9. The maximum atomic E-state index is 13.0. The summed E-state index contributed by atoms with van der Waals surface area (Å²) in [4.78, 5) is 22.7. The fraction of sp³-hybridized carbons (Fsp3) is 0.467. The van der Waals surface area contributed by atoms with Gasteiger partial charge < -0.3 is 15.4 Å². The first-order valence-electron chi connectivity index (χ1n) is 7.05. The number of hydrogen-bond donors (Lipinski definition) is 3. The smallest absolute Gasteiger partial charge is 0.382 e. The van der Waals surface area contributed by atoms with Gasteiger partial charge in [0, 0.05) is 25.4 Å². The number of carbonyl (C=O) groups excluding carboxylic acids is 2. The number of benzene rings is 1. The average Bonchev–Trinajstić information content (AvgIpc) is 2.46. The van der Waals surface area contributed by atoms with Crippen LogP contribution in [0.2, 0.25) is 0 Å². The molecular weight excluding hydrogens is 327 g/mol. The number of alkyl halides is 3. The summed E-state index contributed by atoms with van der Waals surface area (Å²) in [6, 6.07) is 6.19. The average molecular weight is 347 g/mol. The Balaban J connectivity index is 2.61. The van der Waals surface area contributed by atoms with Gasteiger partial charge in [-0.15, -0.1) is 0 Å². The number of nitrogens with one attached hydrogen (secondary N) is 3. The highest BCUT2D eigenvalue weighted by Crippen LogP contribution is 2.30. The second-order valence-corrected chi connectivity index (χ2v) is 5.42. The molecule has 3 N–H and O–H groups in total. The van der Waals surface area contributed by atoms with Gasteiger partial charge in [-0.2, -0.15) is 13.2 Å². The van der Waals surface area contributed by atoms with Gasteiger partial charge in [0.05, 0.1) is 13.2 Å². The maximum absolute atomic E-state index is 13.0. The van der Waals surface area contributed by atoms with Crippen LogP contribution in [0.4, 0.5) is 24.5 Å². The third kappa shape index (κ3) is 5.82. The van der Waals surface area contributed by atoms with E-state index in [2.05, 4.69) is 20.7 Å². The van der Waals surface area contributed by atoms with E-state index in [0.717, 1.165) is 14.0 Å². The number of amides is 2. The Hall–Kier alpha value is -2.13. The third-order valence-corrected chi connectivity index (χ3v) is 3.19. The largest absolute Gasteiger partial charge is 0.408 e. The number of methoxy groups -OCH3 is 1. The Morgan fingerprint density at radius 3 is 2.00 bits per heavy atom. The zero-order valence-corrected chi connectivity index (χ0v) is 13.6. The SMILES string of the molecule is COC[C@](C)(NCC(=O)Nc1ccc(NC(C)=O)cc1)C(F)(F)F. The summed E-state index contributed by atoms with van der Waals surface area (Å²) in [5.74, 6) is -0.866. The lowest BCUT2D eigenvalue weighted by Gasteiger charge is -2.32. The molecular formula is C15H20F3N3O3. The summed E-state index contributed by atoms with van der Waals surface area (Å²) in [5.41, 5.74) is -1.38. The van der Waals surface area contributed by atoms with Crippen molar-refractivity contribution in [3.05, 3.63) is 24.3 Å². The Morgan fingerprint density at radius 1 is 1.08 bits per heavy atom. The number of rotatable bonds is 7. The van der Waals surface area contributed by atoms with Crippen molar-refractivity contribution in [1.29, 1.82) is 0 Å². The number of hydrogen-bond acceptors (Lipinski definition) is 4. The topological polar surface area (TPSA) is 79.5 Å². The molecule has 6 nitrogen and oxygen atoms in total. The molecule has 0 aliphatic rings. The molecule has 0 spiro atoms. The molecule has 0 radical (unpaired) electrons. The second-order valence-electron chi connectivity index (χ2n) is 5.42. The highest BCUT2D eigenvalue weighted by atomic mass is 19.4. The lowest BCUT2D eigenvalue weighted by atomic mass is 10.0. The molecule has 9 heteroatoms. The standard InChI is InChI=1S/C15H20F3N3O3/c1-10(22)20-11-4-6-12(7-5-11)21-13(23)8-19-14(2,9-24-3)15(16,17)18/h4-7,19H,8-9H2,1-3H3,(H,20,22)(H,21,23)/t14-/m0/s1. The molecule has 0 saturated heterocycles. The van der Waals surface area contributed by atoms with Gasteiger partial charge in [0.25, 0.3) is 0 Å². The minimum absolute atomic E-state index is 0.236. The summed E-state index contributed by atoms with van der Waals surface area (Å²) in [7, 11) is 1.16. The predicted octanol–water partition coefficient (Wildman–Crippen LogP) is 2.14. The molecule has 0 aliphatic carbocycles. The van der Waals surface area contributed by atoms with E-state index in [1.807, 2.05) is 0 Å². The van der Waals surface area contributed by atoms with Gasteiger partial charge in [0.2, 0.25) is 11.8 Å². The van der Waals surface area contributed by atoms with E-state index in [0.29, 0.717) is 11.4 Å². The molecule has 0 aliphatic heterocycles. The van der Waals surface area contributed by atoms with Gasteiger partial charge in [-0.3, -0.25) is 14.9 Å². The van der Waals surface area contributed by atoms with Crippen LogP contribution in [0.15, 0.2) is 24.3 Å². The minimum atomic E-state index is -4.57. The molecule has 1 aromatic rings. The Bertz CT molecular complexity index is 576. The van der Waals surface area contributed by atoms with Gasteiger partial charge in [0.1, 0.15) is 5.54 Å². The first kappa shape index (κ1) is 19.9. The van der Waals surface area contributed by atoms with Crippen LogP contribution in [0, 0.1) is 0 Å². The molecule has 0 fully saturated rings. The van der Waals surface area contributed by atoms with Crippen molar-refractivity contribution < 1.29 is 27.5 Å². The highest BCUT2D eigenvalue weighted by Gasteiger charge is 2.51. The molecule has 0 unspecified atom stereocenters. The lowest BCUT2D eigenvalue weighted by molar-refractivity contribution is -0.203. The van der Waals surface area contributed by atoms with Crippen LogP contribution < -0.4 is 16.0 Å². The maximum Gasteiger partial charge on any atom is 0.408 e. The van der Waals surface area contributed by atoms with E-state index >= 15 is 0 Å². The Kier molecular flexibility index (Phi) is 6.73. The lowest BCUT2D eigenvalue weighted by Crippen LogP contribution is -2.59. The van der Waals surface area contributed by atoms with E-state index < -0.39 is 30.8 Å².